The summed E-state index contributed by atoms with van der Waals surface area (Å²) in [4.78, 5) is 13.6. The number of rotatable bonds is 4. The van der Waals surface area contributed by atoms with Gasteiger partial charge in [-0.15, -0.1) is 11.8 Å². The van der Waals surface area contributed by atoms with E-state index in [4.69, 9.17) is 10.4 Å². The van der Waals surface area contributed by atoms with Crippen molar-refractivity contribution in [3.8, 4) is 6.07 Å². The van der Waals surface area contributed by atoms with Crippen molar-refractivity contribution in [1.29, 1.82) is 5.26 Å². The van der Waals surface area contributed by atoms with E-state index in [-0.39, 0.29) is 17.9 Å². The summed E-state index contributed by atoms with van der Waals surface area (Å²) >= 11 is 1.19. The predicted octanol–water partition coefficient (Wildman–Crippen LogP) is 0.946. The molecule has 0 spiro atoms. The Kier molecular flexibility index (Phi) is 4.03. The molecule has 7 heteroatoms. The lowest BCUT2D eigenvalue weighted by Gasteiger charge is -2.00. The van der Waals surface area contributed by atoms with Crippen LogP contribution in [0.5, 0.6) is 0 Å². The fraction of sp³-hybridized carbons (Fsp3) is 0.250. The quantitative estimate of drug-likeness (QED) is 0.465. The Morgan fingerprint density at radius 3 is 3.00 bits per heavy atom. The molecule has 15 heavy (non-hydrogen) atoms. The van der Waals surface area contributed by atoms with E-state index in [1.54, 1.807) is 0 Å². The summed E-state index contributed by atoms with van der Waals surface area (Å²) in [5.74, 6) is 0.402. The second-order valence-corrected chi connectivity index (χ2v) is 3.57. The zero-order valence-corrected chi connectivity index (χ0v) is 8.40. The summed E-state index contributed by atoms with van der Waals surface area (Å²) in [7, 11) is 0. The maximum atomic E-state index is 10.4. The number of nitro groups is 1. The molecule has 0 aliphatic heterocycles. The second kappa shape index (κ2) is 5.29. The molecule has 1 N–H and O–H groups in total. The molecule has 1 heterocycles. The van der Waals surface area contributed by atoms with E-state index >= 15 is 0 Å². The van der Waals surface area contributed by atoms with Crippen LogP contribution in [0.3, 0.4) is 0 Å². The molecule has 1 aromatic rings. The Labute approximate surface area is 89.7 Å². The van der Waals surface area contributed by atoms with E-state index < -0.39 is 4.92 Å². The van der Waals surface area contributed by atoms with Crippen LogP contribution in [0.15, 0.2) is 17.3 Å². The average Bonchev–Trinajstić information content (AvgIpc) is 2.25. The second-order valence-electron chi connectivity index (χ2n) is 2.49. The highest BCUT2D eigenvalue weighted by Crippen LogP contribution is 2.22. The number of nitriles is 1. The lowest BCUT2D eigenvalue weighted by Crippen LogP contribution is -1.95. The van der Waals surface area contributed by atoms with E-state index in [2.05, 4.69) is 4.98 Å². The zero-order chi connectivity index (χ0) is 11.3. The third-order valence-corrected chi connectivity index (χ3v) is 2.48. The minimum absolute atomic E-state index is 0.0335. The third kappa shape index (κ3) is 2.90. The molecule has 0 saturated carbocycles. The van der Waals surface area contributed by atoms with Crippen LogP contribution in [0.1, 0.15) is 5.56 Å². The first-order chi connectivity index (χ1) is 7.19. The highest BCUT2D eigenvalue weighted by molar-refractivity contribution is 7.99. The van der Waals surface area contributed by atoms with Crippen molar-refractivity contribution in [3.63, 3.8) is 0 Å². The minimum Gasteiger partial charge on any atom is -0.396 e. The molecule has 0 atom stereocenters. The molecule has 0 bridgehead atoms. The molecule has 6 nitrogen and oxygen atoms in total. The van der Waals surface area contributed by atoms with Crippen LogP contribution >= 0.6 is 11.8 Å². The molecule has 0 fully saturated rings. The van der Waals surface area contributed by atoms with Gasteiger partial charge in [0.15, 0.2) is 0 Å². The normalized spacial score (nSPS) is 9.60. The van der Waals surface area contributed by atoms with Gasteiger partial charge in [0.05, 0.1) is 17.1 Å². The average molecular weight is 225 g/mol. The largest absolute Gasteiger partial charge is 0.396 e. The molecular weight excluding hydrogens is 218 g/mol. The van der Waals surface area contributed by atoms with Gasteiger partial charge < -0.3 is 5.11 Å². The lowest BCUT2D eigenvalue weighted by atomic mass is 10.3. The van der Waals surface area contributed by atoms with Crippen LogP contribution in [0, 0.1) is 21.4 Å². The monoisotopic (exact) mass is 225 g/mol. The van der Waals surface area contributed by atoms with Crippen LogP contribution < -0.4 is 0 Å². The topological polar surface area (TPSA) is 100 Å². The summed E-state index contributed by atoms with van der Waals surface area (Å²) in [6.45, 7) is -0.0335. The molecule has 0 aliphatic rings. The molecule has 0 unspecified atom stereocenters. The van der Waals surface area contributed by atoms with Gasteiger partial charge in [-0.05, 0) is 0 Å². The number of hydrogen-bond donors (Lipinski definition) is 1. The third-order valence-electron chi connectivity index (χ3n) is 1.50. The van der Waals surface area contributed by atoms with Crippen molar-refractivity contribution in [2.24, 2.45) is 0 Å². The van der Waals surface area contributed by atoms with Crippen LogP contribution in [0.2, 0.25) is 0 Å². The zero-order valence-electron chi connectivity index (χ0n) is 7.58. The van der Waals surface area contributed by atoms with Gasteiger partial charge in [0.2, 0.25) is 0 Å². The SMILES string of the molecule is N#Cc1cc([N+](=O)[O-])cnc1SCCO. The predicted molar refractivity (Wildman–Crippen MR) is 53.4 cm³/mol. The molecule has 0 aromatic carbocycles. The maximum absolute atomic E-state index is 10.4. The van der Waals surface area contributed by atoms with Crippen LogP contribution in [0.4, 0.5) is 5.69 Å². The Morgan fingerprint density at radius 1 is 1.73 bits per heavy atom. The van der Waals surface area contributed by atoms with Gasteiger partial charge in [-0.25, -0.2) is 4.98 Å². The summed E-state index contributed by atoms with van der Waals surface area (Å²) in [5, 5.41) is 28.1. The molecule has 78 valence electrons. The van der Waals surface area contributed by atoms with Crippen molar-refractivity contribution in [1.82, 2.24) is 4.98 Å². The van der Waals surface area contributed by atoms with Gasteiger partial charge in [-0.1, -0.05) is 0 Å². The molecule has 0 amide bonds. The van der Waals surface area contributed by atoms with Crippen LogP contribution in [0.25, 0.3) is 0 Å². The number of aliphatic hydroxyl groups is 1. The van der Waals surface area contributed by atoms with Crippen molar-refractivity contribution in [2.75, 3.05) is 12.4 Å². The number of aliphatic hydroxyl groups excluding tert-OH is 1. The van der Waals surface area contributed by atoms with Crippen molar-refractivity contribution in [3.05, 3.63) is 27.9 Å². The fourth-order valence-electron chi connectivity index (χ4n) is 0.878. The van der Waals surface area contributed by atoms with E-state index in [1.165, 1.54) is 17.8 Å². The lowest BCUT2D eigenvalue weighted by molar-refractivity contribution is -0.385. The van der Waals surface area contributed by atoms with Gasteiger partial charge in [0.25, 0.3) is 5.69 Å². The van der Waals surface area contributed by atoms with Gasteiger partial charge in [-0.3, -0.25) is 10.1 Å². The molecule has 1 aromatic heterocycles. The molecular formula is C8H7N3O3S. The number of pyridine rings is 1. The Balaban J connectivity index is 3.00. The standard InChI is InChI=1S/C8H7N3O3S/c9-4-6-3-7(11(13)14)5-10-8(6)15-2-1-12/h3,5,12H,1-2H2. The molecule has 0 saturated heterocycles. The smallest absolute Gasteiger partial charge is 0.288 e. The number of aromatic nitrogens is 1. The molecule has 0 aliphatic carbocycles. The molecule has 0 radical (unpaired) electrons. The van der Waals surface area contributed by atoms with Gasteiger partial charge in [-0.2, -0.15) is 5.26 Å². The van der Waals surface area contributed by atoms with Gasteiger partial charge in [0, 0.05) is 11.8 Å². The maximum Gasteiger partial charge on any atom is 0.288 e. The highest BCUT2D eigenvalue weighted by atomic mass is 32.2. The molecule has 1 rings (SSSR count). The van der Waals surface area contributed by atoms with Crippen molar-refractivity contribution in [2.45, 2.75) is 5.03 Å². The van der Waals surface area contributed by atoms with Crippen molar-refractivity contribution >= 4 is 17.4 Å². The fourth-order valence-corrected chi connectivity index (χ4v) is 1.55. The first-order valence-electron chi connectivity index (χ1n) is 3.97. The van der Waals surface area contributed by atoms with E-state index in [0.29, 0.717) is 10.8 Å². The van der Waals surface area contributed by atoms with Crippen LogP contribution in [-0.4, -0.2) is 27.4 Å². The Bertz CT molecular complexity index is 416. The summed E-state index contributed by atoms with van der Waals surface area (Å²) in [6, 6.07) is 3.00. The Morgan fingerprint density at radius 2 is 2.47 bits per heavy atom. The highest BCUT2D eigenvalue weighted by Gasteiger charge is 2.11. The van der Waals surface area contributed by atoms with Crippen molar-refractivity contribution < 1.29 is 10.0 Å². The number of hydrogen-bond acceptors (Lipinski definition) is 6. The number of nitrogens with zero attached hydrogens (tertiary/aromatic N) is 3. The minimum atomic E-state index is -0.603. The summed E-state index contributed by atoms with van der Waals surface area (Å²) < 4.78 is 0. The van der Waals surface area contributed by atoms with E-state index in [1.807, 2.05) is 6.07 Å². The first-order valence-corrected chi connectivity index (χ1v) is 4.95. The van der Waals surface area contributed by atoms with Crippen LogP contribution in [-0.2, 0) is 0 Å². The number of thioether (sulfide) groups is 1. The Hall–Kier alpha value is -1.65. The summed E-state index contributed by atoms with van der Waals surface area (Å²) in [5.41, 5.74) is -0.0532. The van der Waals surface area contributed by atoms with Gasteiger partial charge >= 0.3 is 0 Å². The van der Waals surface area contributed by atoms with E-state index in [9.17, 15) is 10.1 Å². The van der Waals surface area contributed by atoms with E-state index in [0.717, 1.165) is 6.20 Å². The first kappa shape index (κ1) is 11.4. The van der Waals surface area contributed by atoms with Gasteiger partial charge in [0.1, 0.15) is 17.3 Å². The summed E-state index contributed by atoms with van der Waals surface area (Å²) in [6.07, 6.45) is 1.10.